The molecule has 10 heteroatoms. The Kier molecular flexibility index (Phi) is 7.92. The minimum Gasteiger partial charge on any atom is -0.306 e. The maximum absolute atomic E-state index is 5.29. The van der Waals surface area contributed by atoms with Crippen molar-refractivity contribution in [2.75, 3.05) is 0 Å². The van der Waals surface area contributed by atoms with Crippen LogP contribution < -0.4 is 0 Å². The molecule has 0 N–H and O–H groups in total. The molecule has 0 spiro atoms. The third kappa shape index (κ3) is 5.61. The Balaban J connectivity index is 1.18. The van der Waals surface area contributed by atoms with Crippen LogP contribution in [0.5, 0.6) is 0 Å². The fourth-order valence-corrected chi connectivity index (χ4v) is 8.42. The summed E-state index contributed by atoms with van der Waals surface area (Å²) in [7, 11) is 0. The predicted molar refractivity (Wildman–Crippen MR) is 241 cm³/mol. The normalized spacial score (nSPS) is 11.6. The van der Waals surface area contributed by atoms with Crippen molar-refractivity contribution >= 4 is 43.9 Å². The number of benzene rings is 6. The molecule has 0 unspecified atom stereocenters. The highest BCUT2D eigenvalue weighted by atomic mass is 15.2. The van der Waals surface area contributed by atoms with Crippen molar-refractivity contribution in [3.8, 4) is 62.9 Å². The van der Waals surface area contributed by atoms with E-state index in [-0.39, 0.29) is 0 Å². The average Bonchev–Trinajstić information content (AvgIpc) is 3.98. The van der Waals surface area contributed by atoms with Gasteiger partial charge in [0.1, 0.15) is 5.52 Å². The summed E-state index contributed by atoms with van der Waals surface area (Å²) in [5.41, 5.74) is 11.3. The largest absolute Gasteiger partial charge is 0.306 e. The molecule has 286 valence electrons. The molecular weight excluding hydrogens is 753 g/mol. The topological polar surface area (TPSA) is 105 Å². The van der Waals surface area contributed by atoms with Gasteiger partial charge >= 0.3 is 0 Å². The molecule has 0 bridgehead atoms. The van der Waals surface area contributed by atoms with Crippen LogP contribution in [0.3, 0.4) is 0 Å². The van der Waals surface area contributed by atoms with Gasteiger partial charge in [0.2, 0.25) is 5.95 Å². The van der Waals surface area contributed by atoms with Gasteiger partial charge in [-0.3, -0.25) is 4.57 Å². The van der Waals surface area contributed by atoms with Gasteiger partial charge in [-0.15, -0.1) is 0 Å². The van der Waals surface area contributed by atoms with E-state index < -0.39 is 0 Å². The van der Waals surface area contributed by atoms with Crippen LogP contribution in [0.2, 0.25) is 0 Å². The Morgan fingerprint density at radius 3 is 1.13 bits per heavy atom. The van der Waals surface area contributed by atoms with Gasteiger partial charge < -0.3 is 9.13 Å². The predicted octanol–water partition coefficient (Wildman–Crippen LogP) is 11.1. The van der Waals surface area contributed by atoms with Gasteiger partial charge in [0, 0.05) is 58.1 Å². The van der Waals surface area contributed by atoms with Crippen molar-refractivity contribution in [2.45, 2.75) is 0 Å². The minimum absolute atomic E-state index is 0.417. The Morgan fingerprint density at radius 2 is 0.656 bits per heavy atom. The lowest BCUT2D eigenvalue weighted by Crippen LogP contribution is -2.07. The van der Waals surface area contributed by atoms with Crippen LogP contribution in [0, 0.1) is 0 Å². The van der Waals surface area contributed by atoms with Gasteiger partial charge in [0.05, 0.1) is 38.7 Å². The van der Waals surface area contributed by atoms with Crippen molar-refractivity contribution in [3.63, 3.8) is 0 Å². The molecule has 0 radical (unpaired) electrons. The van der Waals surface area contributed by atoms with Gasteiger partial charge in [-0.05, 0) is 36.4 Å². The van der Waals surface area contributed by atoms with Gasteiger partial charge in [0.15, 0.2) is 23.3 Å². The van der Waals surface area contributed by atoms with E-state index in [4.69, 9.17) is 34.9 Å². The lowest BCUT2D eigenvalue weighted by atomic mass is 10.2. The molecule has 10 nitrogen and oxygen atoms in total. The molecule has 0 amide bonds. The number of hydrogen-bond donors (Lipinski definition) is 0. The monoisotopic (exact) mass is 784 g/mol. The van der Waals surface area contributed by atoms with Crippen LogP contribution in [-0.2, 0) is 0 Å². The molecule has 6 heterocycles. The van der Waals surface area contributed by atoms with Crippen LogP contribution in [0.4, 0.5) is 0 Å². The summed E-state index contributed by atoms with van der Waals surface area (Å²) in [5.74, 6) is 2.49. The summed E-state index contributed by atoms with van der Waals surface area (Å²) in [6.07, 6.45) is 7.09. The van der Waals surface area contributed by atoms with Gasteiger partial charge in [-0.2, -0.15) is 9.97 Å². The van der Waals surface area contributed by atoms with Gasteiger partial charge in [-0.1, -0.05) is 133 Å². The molecule has 0 aliphatic rings. The second-order valence-corrected chi connectivity index (χ2v) is 14.7. The Hall–Kier alpha value is -8.63. The standard InChI is InChI=1S/C51H32N10/c1-5-17-33(18-6-1)47-52-29-35(30-53-47)49-56-50(36-31-54-48(55-32-36)34-19-7-2-8-20-34)58-51(57-49)61-42-28-16-14-26-40(42)44-46(61)45-43(60(44)38-23-11-4-12-24-38)39-25-13-15-27-41(39)59(45)37-21-9-3-10-22-37/h1-32H. The molecule has 0 saturated heterocycles. The first kappa shape index (κ1) is 34.4. The first-order chi connectivity index (χ1) is 30.3. The van der Waals surface area contributed by atoms with E-state index in [0.29, 0.717) is 40.4 Å². The SMILES string of the molecule is c1ccc(-c2ncc(-c3nc(-c4cnc(-c5ccccc5)nc4)nc(-n4c5ccccc5c5c4c4c(c6ccccc6n4-c4ccccc4)n5-c4ccccc4)n3)cn2)cc1. The van der Waals surface area contributed by atoms with Crippen LogP contribution >= 0.6 is 0 Å². The van der Waals surface area contributed by atoms with E-state index >= 15 is 0 Å². The van der Waals surface area contributed by atoms with Crippen molar-refractivity contribution in [2.24, 2.45) is 0 Å². The highest BCUT2D eigenvalue weighted by Gasteiger charge is 2.29. The smallest absolute Gasteiger partial charge is 0.238 e. The van der Waals surface area contributed by atoms with E-state index in [1.54, 1.807) is 24.8 Å². The number of para-hydroxylation sites is 4. The van der Waals surface area contributed by atoms with E-state index in [9.17, 15) is 0 Å². The lowest BCUT2D eigenvalue weighted by Gasteiger charge is -2.12. The molecule has 61 heavy (non-hydrogen) atoms. The van der Waals surface area contributed by atoms with Crippen molar-refractivity contribution < 1.29 is 0 Å². The molecule has 12 aromatic rings. The first-order valence-corrected chi connectivity index (χ1v) is 20.0. The number of aromatic nitrogens is 10. The number of fused-ring (bicyclic) bond motifs is 7. The molecule has 0 aliphatic carbocycles. The Morgan fingerprint density at radius 1 is 0.279 bits per heavy atom. The minimum atomic E-state index is 0.417. The molecule has 12 rings (SSSR count). The highest BCUT2D eigenvalue weighted by molar-refractivity contribution is 6.25. The number of hydrogen-bond acceptors (Lipinski definition) is 7. The molecule has 0 aliphatic heterocycles. The fourth-order valence-electron chi connectivity index (χ4n) is 8.42. The summed E-state index contributed by atoms with van der Waals surface area (Å²) in [6.45, 7) is 0. The summed E-state index contributed by atoms with van der Waals surface area (Å²) in [5, 5.41) is 2.18. The zero-order valence-corrected chi connectivity index (χ0v) is 32.4. The molecule has 6 aromatic carbocycles. The number of nitrogens with zero attached hydrogens (tertiary/aromatic N) is 10. The zero-order chi connectivity index (χ0) is 40.3. The van der Waals surface area contributed by atoms with E-state index in [1.165, 1.54) is 0 Å². The van der Waals surface area contributed by atoms with Crippen molar-refractivity contribution in [1.82, 2.24) is 48.6 Å². The first-order valence-electron chi connectivity index (χ1n) is 20.0. The third-order valence-electron chi connectivity index (χ3n) is 11.1. The summed E-state index contributed by atoms with van der Waals surface area (Å²) < 4.78 is 6.93. The average molecular weight is 785 g/mol. The van der Waals surface area contributed by atoms with Gasteiger partial charge in [0.25, 0.3) is 0 Å². The van der Waals surface area contributed by atoms with Gasteiger partial charge in [-0.25, -0.2) is 24.9 Å². The second-order valence-electron chi connectivity index (χ2n) is 14.7. The zero-order valence-electron chi connectivity index (χ0n) is 32.4. The van der Waals surface area contributed by atoms with Crippen LogP contribution in [-0.4, -0.2) is 48.6 Å². The summed E-state index contributed by atoms with van der Waals surface area (Å²) in [4.78, 5) is 34.7. The van der Waals surface area contributed by atoms with E-state index in [1.807, 2.05) is 66.7 Å². The highest BCUT2D eigenvalue weighted by Crippen LogP contribution is 2.45. The Bertz CT molecular complexity index is 3440. The Labute approximate surface area is 348 Å². The lowest BCUT2D eigenvalue weighted by molar-refractivity contribution is 0.948. The van der Waals surface area contributed by atoms with Crippen LogP contribution in [0.1, 0.15) is 0 Å². The van der Waals surface area contributed by atoms with E-state index in [2.05, 4.69) is 117 Å². The molecular formula is C51H32N10. The van der Waals surface area contributed by atoms with Crippen molar-refractivity contribution in [3.05, 3.63) is 195 Å². The second kappa shape index (κ2) is 14.0. The molecule has 0 saturated carbocycles. The quantitative estimate of drug-likeness (QED) is 0.158. The van der Waals surface area contributed by atoms with Crippen LogP contribution in [0.15, 0.2) is 195 Å². The summed E-state index contributed by atoms with van der Waals surface area (Å²) >= 11 is 0. The summed E-state index contributed by atoms with van der Waals surface area (Å²) in [6, 6.07) is 58.0. The van der Waals surface area contributed by atoms with Crippen LogP contribution in [0.25, 0.3) is 107 Å². The van der Waals surface area contributed by atoms with E-state index in [0.717, 1.165) is 66.4 Å². The molecule has 0 fully saturated rings. The molecule has 6 aromatic heterocycles. The third-order valence-corrected chi connectivity index (χ3v) is 11.1. The maximum Gasteiger partial charge on any atom is 0.238 e. The number of rotatable bonds is 7. The fraction of sp³-hybridized carbons (Fsp3) is 0. The molecule has 0 atom stereocenters. The van der Waals surface area contributed by atoms with Crippen molar-refractivity contribution in [1.29, 1.82) is 0 Å². The maximum atomic E-state index is 5.29.